The van der Waals surface area contributed by atoms with Crippen molar-refractivity contribution in [1.29, 1.82) is 5.41 Å². The van der Waals surface area contributed by atoms with Crippen LogP contribution in [0.1, 0.15) is 16.9 Å². The van der Waals surface area contributed by atoms with Crippen LogP contribution in [0.5, 0.6) is 0 Å². The quantitative estimate of drug-likeness (QED) is 0.125. The highest BCUT2D eigenvalue weighted by molar-refractivity contribution is 6.07. The van der Waals surface area contributed by atoms with Crippen molar-refractivity contribution in [1.82, 2.24) is 19.0 Å². The van der Waals surface area contributed by atoms with Gasteiger partial charge in [-0.1, -0.05) is 6.07 Å². The SMILES string of the molecule is CN(CCC(=N)N)C(=O)n1ccc(N(C)C(=O)n2ccc(NC(=O)c3cc4c([N+](=O)[O-])cccc4[nH]3)c2)c1. The van der Waals surface area contributed by atoms with E-state index in [1.54, 1.807) is 26.2 Å². The minimum atomic E-state index is -0.529. The van der Waals surface area contributed by atoms with Crippen molar-refractivity contribution in [2.45, 2.75) is 6.42 Å². The third-order valence-corrected chi connectivity index (χ3v) is 5.87. The molecule has 0 aliphatic carbocycles. The van der Waals surface area contributed by atoms with Crippen molar-refractivity contribution < 1.29 is 19.3 Å². The number of H-pyrrole nitrogens is 1. The first kappa shape index (κ1) is 25.7. The zero-order valence-electron chi connectivity index (χ0n) is 20.5. The molecule has 0 bridgehead atoms. The molecular formula is C24H25N9O5. The van der Waals surface area contributed by atoms with Crippen molar-refractivity contribution in [3.05, 3.63) is 77.0 Å². The van der Waals surface area contributed by atoms with E-state index in [9.17, 15) is 24.5 Å². The highest BCUT2D eigenvalue weighted by Gasteiger charge is 2.20. The normalized spacial score (nSPS) is 10.8. The Hall–Kier alpha value is -5.40. The Morgan fingerprint density at radius 3 is 2.53 bits per heavy atom. The van der Waals surface area contributed by atoms with Crippen molar-refractivity contribution in [2.24, 2.45) is 5.73 Å². The van der Waals surface area contributed by atoms with Gasteiger partial charge in [0.25, 0.3) is 11.6 Å². The molecule has 0 unspecified atom stereocenters. The average Bonchev–Trinajstić information content (AvgIpc) is 3.65. The summed E-state index contributed by atoms with van der Waals surface area (Å²) in [6.45, 7) is 0.281. The number of benzene rings is 1. The molecule has 3 aromatic heterocycles. The number of aromatic amines is 1. The van der Waals surface area contributed by atoms with Gasteiger partial charge in [0.05, 0.1) is 33.0 Å². The van der Waals surface area contributed by atoms with Crippen molar-refractivity contribution in [3.8, 4) is 0 Å². The van der Waals surface area contributed by atoms with Crippen LogP contribution in [0.15, 0.2) is 61.2 Å². The number of non-ortho nitro benzene ring substituents is 1. The fraction of sp³-hybridized carbons (Fsp3) is 0.167. The zero-order valence-corrected chi connectivity index (χ0v) is 20.5. The lowest BCUT2D eigenvalue weighted by Gasteiger charge is -2.18. The predicted molar refractivity (Wildman–Crippen MR) is 141 cm³/mol. The van der Waals surface area contributed by atoms with Crippen molar-refractivity contribution >= 4 is 51.8 Å². The summed E-state index contributed by atoms with van der Waals surface area (Å²) in [5.41, 5.74) is 6.61. The lowest BCUT2D eigenvalue weighted by Crippen LogP contribution is -2.33. The van der Waals surface area contributed by atoms with E-state index in [2.05, 4.69) is 10.3 Å². The van der Waals surface area contributed by atoms with E-state index >= 15 is 0 Å². The summed E-state index contributed by atoms with van der Waals surface area (Å²) < 4.78 is 2.59. The van der Waals surface area contributed by atoms with E-state index in [0.29, 0.717) is 22.3 Å². The van der Waals surface area contributed by atoms with Crippen LogP contribution in [-0.2, 0) is 0 Å². The molecular weight excluding hydrogens is 494 g/mol. The number of anilines is 2. The number of aromatic nitrogens is 3. The van der Waals surface area contributed by atoms with E-state index in [0.717, 1.165) is 0 Å². The maximum Gasteiger partial charge on any atom is 0.332 e. The Morgan fingerprint density at radius 2 is 1.82 bits per heavy atom. The highest BCUT2D eigenvalue weighted by atomic mass is 16.6. The first-order chi connectivity index (χ1) is 18.0. The van der Waals surface area contributed by atoms with Gasteiger partial charge in [-0.2, -0.15) is 0 Å². The third kappa shape index (κ3) is 5.23. The Balaban J connectivity index is 1.43. The Kier molecular flexibility index (Phi) is 6.96. The highest BCUT2D eigenvalue weighted by Crippen LogP contribution is 2.26. The van der Waals surface area contributed by atoms with Crippen LogP contribution >= 0.6 is 0 Å². The summed E-state index contributed by atoms with van der Waals surface area (Å²) in [5.74, 6) is -0.547. The number of nitro benzene ring substituents is 1. The summed E-state index contributed by atoms with van der Waals surface area (Å²) in [6.07, 6.45) is 6.19. The standard InChI is InChI=1S/C24H25N9O5/c1-29(9-8-21(25)26)23(35)32-11-7-16(14-32)30(2)24(36)31-10-6-15(13-31)27-22(34)19-12-17-18(28-19)4-3-5-20(17)33(37)38/h3-7,10-14,28H,8-9H2,1-2H3,(H3,25,26)(H,27,34). The molecule has 0 saturated carbocycles. The summed E-state index contributed by atoms with van der Waals surface area (Å²) in [6, 6.07) is 8.28. The molecule has 0 saturated heterocycles. The number of nitrogens with two attached hydrogens (primary N) is 1. The number of carbonyl (C=O) groups excluding carboxylic acids is 3. The monoisotopic (exact) mass is 519 g/mol. The van der Waals surface area contributed by atoms with Crippen LogP contribution in [0, 0.1) is 15.5 Å². The smallest absolute Gasteiger partial charge is 0.332 e. The fourth-order valence-corrected chi connectivity index (χ4v) is 3.78. The maximum absolute atomic E-state index is 13.0. The van der Waals surface area contributed by atoms with Gasteiger partial charge in [-0.3, -0.25) is 34.4 Å². The molecule has 0 aliphatic rings. The van der Waals surface area contributed by atoms with Crippen LogP contribution in [0.3, 0.4) is 0 Å². The molecule has 0 aliphatic heterocycles. The van der Waals surface area contributed by atoms with E-state index < -0.39 is 16.9 Å². The molecule has 196 valence electrons. The molecule has 14 nitrogen and oxygen atoms in total. The molecule has 5 N–H and O–H groups in total. The number of rotatable bonds is 7. The second-order valence-electron chi connectivity index (χ2n) is 8.54. The van der Waals surface area contributed by atoms with Crippen LogP contribution in [0.25, 0.3) is 10.9 Å². The predicted octanol–water partition coefficient (Wildman–Crippen LogP) is 3.26. The number of nitro groups is 1. The van der Waals surface area contributed by atoms with Gasteiger partial charge in [-0.15, -0.1) is 0 Å². The Bertz CT molecular complexity index is 1560. The van der Waals surface area contributed by atoms with E-state index in [4.69, 9.17) is 11.1 Å². The molecule has 1 aromatic carbocycles. The number of nitrogens with one attached hydrogen (secondary N) is 3. The van der Waals surface area contributed by atoms with Gasteiger partial charge in [0.15, 0.2) is 0 Å². The largest absolute Gasteiger partial charge is 0.388 e. The van der Waals surface area contributed by atoms with Gasteiger partial charge in [-0.05, 0) is 24.3 Å². The summed E-state index contributed by atoms with van der Waals surface area (Å²) in [5, 5.41) is 21.5. The Labute approximate surface area is 215 Å². The number of amidine groups is 1. The molecule has 14 heteroatoms. The molecule has 4 rings (SSSR count). The molecule has 0 atom stereocenters. The first-order valence-electron chi connectivity index (χ1n) is 11.3. The summed E-state index contributed by atoms with van der Waals surface area (Å²) in [7, 11) is 3.13. The van der Waals surface area contributed by atoms with E-state index in [-0.39, 0.29) is 36.2 Å². The van der Waals surface area contributed by atoms with E-state index in [1.807, 2.05) is 0 Å². The maximum atomic E-state index is 13.0. The molecule has 3 amide bonds. The van der Waals surface area contributed by atoms with E-state index in [1.165, 1.54) is 68.0 Å². The number of hydrogen-bond acceptors (Lipinski definition) is 6. The van der Waals surface area contributed by atoms with Crippen LogP contribution in [-0.4, -0.2) is 68.4 Å². The van der Waals surface area contributed by atoms with Crippen molar-refractivity contribution in [2.75, 3.05) is 30.9 Å². The van der Waals surface area contributed by atoms with Gasteiger partial charge in [-0.25, -0.2) is 9.59 Å². The van der Waals surface area contributed by atoms with Gasteiger partial charge in [0, 0.05) is 57.9 Å². The minimum Gasteiger partial charge on any atom is -0.388 e. The van der Waals surface area contributed by atoms with Gasteiger partial charge in [0.1, 0.15) is 5.69 Å². The van der Waals surface area contributed by atoms with Crippen molar-refractivity contribution in [3.63, 3.8) is 0 Å². The number of fused-ring (bicyclic) bond motifs is 1. The number of nitrogens with zero attached hydrogens (tertiary/aromatic N) is 5. The molecule has 0 spiro atoms. The number of hydrogen-bond donors (Lipinski definition) is 4. The van der Waals surface area contributed by atoms with Gasteiger partial charge >= 0.3 is 12.1 Å². The molecule has 3 heterocycles. The average molecular weight is 520 g/mol. The van der Waals surface area contributed by atoms with Crippen LogP contribution < -0.4 is 16.0 Å². The fourth-order valence-electron chi connectivity index (χ4n) is 3.78. The third-order valence-electron chi connectivity index (χ3n) is 5.87. The number of amides is 3. The minimum absolute atomic E-state index is 0.0178. The van der Waals surface area contributed by atoms with Gasteiger partial charge < -0.3 is 20.9 Å². The molecule has 0 fully saturated rings. The number of carbonyl (C=O) groups is 3. The Morgan fingerprint density at radius 1 is 1.11 bits per heavy atom. The lowest BCUT2D eigenvalue weighted by atomic mass is 10.2. The van der Waals surface area contributed by atoms with Crippen LogP contribution in [0.2, 0.25) is 0 Å². The molecule has 38 heavy (non-hydrogen) atoms. The van der Waals surface area contributed by atoms with Crippen LogP contribution in [0.4, 0.5) is 26.7 Å². The lowest BCUT2D eigenvalue weighted by molar-refractivity contribution is -0.383. The first-order valence-corrected chi connectivity index (χ1v) is 11.3. The zero-order chi connectivity index (χ0) is 27.6. The second-order valence-corrected chi connectivity index (χ2v) is 8.54. The molecule has 0 radical (unpaired) electrons. The topological polar surface area (TPSA) is 188 Å². The molecule has 4 aromatic rings. The van der Waals surface area contributed by atoms with Gasteiger partial charge in [0.2, 0.25) is 0 Å². The summed E-state index contributed by atoms with van der Waals surface area (Å²) >= 11 is 0. The second kappa shape index (κ2) is 10.3. The summed E-state index contributed by atoms with van der Waals surface area (Å²) in [4.78, 5) is 54.6.